The monoisotopic (exact) mass is 418 g/mol. The highest BCUT2D eigenvalue weighted by Crippen LogP contribution is 2.26. The number of carbonyl (C=O) groups excluding carboxylic acids is 1. The molecule has 0 radical (unpaired) electrons. The Labute approximate surface area is 166 Å². The lowest BCUT2D eigenvalue weighted by Crippen LogP contribution is -2.13. The number of nitrogens with zero attached hydrogens (tertiary/aromatic N) is 3. The quantitative estimate of drug-likeness (QED) is 0.421. The van der Waals surface area contributed by atoms with E-state index in [1.165, 1.54) is 11.8 Å². The molecule has 0 fully saturated rings. The molecule has 2 aromatic carbocycles. The van der Waals surface area contributed by atoms with Gasteiger partial charge in [0.25, 0.3) is 5.91 Å². The number of halogens is 3. The fourth-order valence-electron chi connectivity index (χ4n) is 2.52. The molecular weight excluding hydrogens is 405 g/mol. The van der Waals surface area contributed by atoms with Crippen LogP contribution in [0.2, 0.25) is 0 Å². The highest BCUT2D eigenvalue weighted by atomic mass is 32.2. The van der Waals surface area contributed by atoms with Crippen molar-refractivity contribution in [2.75, 3.05) is 5.32 Å². The van der Waals surface area contributed by atoms with Crippen molar-refractivity contribution in [3.63, 3.8) is 0 Å². The van der Waals surface area contributed by atoms with Crippen LogP contribution in [0.5, 0.6) is 0 Å². The number of rotatable bonds is 5. The second kappa shape index (κ2) is 7.59. The number of benzene rings is 2. The standard InChI is InChI=1S/C18H13F3N6OS/c19-18(20,21)15-25-16(27-26-15)24-14(28)11-7-5-10(6-8-11)9-29-17-22-12-3-1-2-4-13(12)23-17/h1-8H,9H2,(H,22,23)(H2,24,25,26,27,28). The Hall–Kier alpha value is -3.34. The minimum Gasteiger partial charge on any atom is -0.333 e. The van der Waals surface area contributed by atoms with Crippen LogP contribution in [0.3, 0.4) is 0 Å². The largest absolute Gasteiger partial charge is 0.451 e. The second-order valence-corrected chi connectivity index (χ2v) is 6.97. The van der Waals surface area contributed by atoms with Gasteiger partial charge in [0.1, 0.15) is 0 Å². The molecule has 0 saturated heterocycles. The molecule has 0 bridgehead atoms. The number of hydrogen-bond donors (Lipinski definition) is 3. The predicted octanol–water partition coefficient (Wildman–Crippen LogP) is 4.24. The third-order valence-corrected chi connectivity index (χ3v) is 4.88. The summed E-state index contributed by atoms with van der Waals surface area (Å²) < 4.78 is 37.5. The molecule has 0 aliphatic rings. The first-order chi connectivity index (χ1) is 13.9. The maximum Gasteiger partial charge on any atom is 0.451 e. The Kier molecular flexibility index (Phi) is 4.97. The zero-order valence-corrected chi connectivity index (χ0v) is 15.4. The average molecular weight is 418 g/mol. The molecule has 148 valence electrons. The number of imidazole rings is 1. The minimum atomic E-state index is -4.66. The lowest BCUT2D eigenvalue weighted by atomic mass is 10.1. The number of thioether (sulfide) groups is 1. The van der Waals surface area contributed by atoms with Gasteiger partial charge in [-0.1, -0.05) is 36.0 Å². The molecule has 7 nitrogen and oxygen atoms in total. The summed E-state index contributed by atoms with van der Waals surface area (Å²) in [6.07, 6.45) is -4.66. The molecule has 0 spiro atoms. The molecule has 2 heterocycles. The molecule has 0 atom stereocenters. The van der Waals surface area contributed by atoms with Gasteiger partial charge in [0, 0.05) is 11.3 Å². The van der Waals surface area contributed by atoms with Gasteiger partial charge in [-0.25, -0.2) is 4.98 Å². The maximum atomic E-state index is 12.5. The van der Waals surface area contributed by atoms with Crippen LogP contribution in [0.4, 0.5) is 19.1 Å². The molecule has 11 heteroatoms. The molecule has 4 rings (SSSR count). The van der Waals surface area contributed by atoms with Gasteiger partial charge < -0.3 is 4.98 Å². The van der Waals surface area contributed by atoms with Crippen LogP contribution in [0.1, 0.15) is 21.7 Å². The lowest BCUT2D eigenvalue weighted by molar-refractivity contribution is -0.144. The van der Waals surface area contributed by atoms with Gasteiger partial charge in [-0.2, -0.15) is 18.2 Å². The summed E-state index contributed by atoms with van der Waals surface area (Å²) in [6, 6.07) is 14.4. The topological polar surface area (TPSA) is 99.3 Å². The molecule has 2 aromatic heterocycles. The Balaban J connectivity index is 1.36. The summed E-state index contributed by atoms with van der Waals surface area (Å²) in [5.41, 5.74) is 3.09. The van der Waals surface area contributed by atoms with Crippen LogP contribution in [-0.4, -0.2) is 31.1 Å². The summed E-state index contributed by atoms with van der Waals surface area (Å²) in [5.74, 6) is -1.68. The number of aromatic amines is 2. The summed E-state index contributed by atoms with van der Waals surface area (Å²) in [5, 5.41) is 8.11. The van der Waals surface area contributed by atoms with Crippen LogP contribution in [0.25, 0.3) is 11.0 Å². The van der Waals surface area contributed by atoms with Crippen molar-refractivity contribution in [2.24, 2.45) is 0 Å². The number of nitrogens with one attached hydrogen (secondary N) is 3. The minimum absolute atomic E-state index is 0.279. The zero-order chi connectivity index (χ0) is 20.4. The number of para-hydroxylation sites is 2. The van der Waals surface area contributed by atoms with E-state index in [1.54, 1.807) is 29.4 Å². The Morgan fingerprint density at radius 3 is 2.52 bits per heavy atom. The van der Waals surface area contributed by atoms with Gasteiger partial charge in [0.15, 0.2) is 5.16 Å². The van der Waals surface area contributed by atoms with E-state index in [9.17, 15) is 18.0 Å². The van der Waals surface area contributed by atoms with E-state index in [1.807, 2.05) is 24.3 Å². The van der Waals surface area contributed by atoms with Gasteiger partial charge in [-0.15, -0.1) is 5.10 Å². The summed E-state index contributed by atoms with van der Waals surface area (Å²) >= 11 is 1.52. The number of alkyl halides is 3. The SMILES string of the molecule is O=C(Nc1n[nH]c(C(F)(F)F)n1)c1ccc(CSc2nc3ccccc3[nH]2)cc1. The van der Waals surface area contributed by atoms with Crippen molar-refractivity contribution in [2.45, 2.75) is 17.1 Å². The van der Waals surface area contributed by atoms with E-state index in [-0.39, 0.29) is 5.56 Å². The Morgan fingerprint density at radius 2 is 1.83 bits per heavy atom. The normalized spacial score (nSPS) is 11.7. The summed E-state index contributed by atoms with van der Waals surface area (Å²) in [4.78, 5) is 23.1. The first-order valence-electron chi connectivity index (χ1n) is 8.36. The van der Waals surface area contributed by atoms with Crippen LogP contribution >= 0.6 is 11.8 Å². The van der Waals surface area contributed by atoms with Gasteiger partial charge in [0.2, 0.25) is 11.8 Å². The van der Waals surface area contributed by atoms with Crippen molar-refractivity contribution >= 4 is 34.7 Å². The van der Waals surface area contributed by atoms with Crippen LogP contribution < -0.4 is 5.32 Å². The molecule has 0 unspecified atom stereocenters. The molecule has 4 aromatic rings. The fourth-order valence-corrected chi connectivity index (χ4v) is 3.36. The number of carbonyl (C=O) groups is 1. The predicted molar refractivity (Wildman–Crippen MR) is 101 cm³/mol. The smallest absolute Gasteiger partial charge is 0.333 e. The highest BCUT2D eigenvalue weighted by Gasteiger charge is 2.35. The van der Waals surface area contributed by atoms with E-state index in [2.05, 4.69) is 25.4 Å². The number of H-pyrrole nitrogens is 2. The third-order valence-electron chi connectivity index (χ3n) is 3.94. The molecule has 1 amide bonds. The number of fused-ring (bicyclic) bond motifs is 1. The van der Waals surface area contributed by atoms with Crippen molar-refractivity contribution < 1.29 is 18.0 Å². The number of anilines is 1. The van der Waals surface area contributed by atoms with E-state index < -0.39 is 23.9 Å². The lowest BCUT2D eigenvalue weighted by Gasteiger charge is -2.03. The van der Waals surface area contributed by atoms with E-state index >= 15 is 0 Å². The van der Waals surface area contributed by atoms with Crippen molar-refractivity contribution in [1.82, 2.24) is 25.1 Å². The number of amides is 1. The van der Waals surface area contributed by atoms with Gasteiger partial charge in [-0.05, 0) is 29.8 Å². The van der Waals surface area contributed by atoms with Crippen molar-refractivity contribution in [3.8, 4) is 0 Å². The van der Waals surface area contributed by atoms with Crippen molar-refractivity contribution in [3.05, 3.63) is 65.5 Å². The number of aromatic nitrogens is 5. The average Bonchev–Trinajstić information content (AvgIpc) is 3.33. The van der Waals surface area contributed by atoms with Gasteiger partial charge >= 0.3 is 6.18 Å². The van der Waals surface area contributed by atoms with Crippen molar-refractivity contribution in [1.29, 1.82) is 0 Å². The second-order valence-electron chi connectivity index (χ2n) is 6.00. The zero-order valence-electron chi connectivity index (χ0n) is 14.6. The van der Waals surface area contributed by atoms with Crippen LogP contribution in [0, 0.1) is 0 Å². The first kappa shape index (κ1) is 19.0. The molecule has 0 aliphatic heterocycles. The molecule has 29 heavy (non-hydrogen) atoms. The summed E-state index contributed by atoms with van der Waals surface area (Å²) in [7, 11) is 0. The molecule has 3 N–H and O–H groups in total. The van der Waals surface area contributed by atoms with E-state index in [4.69, 9.17) is 0 Å². The van der Waals surface area contributed by atoms with Gasteiger partial charge in [-0.3, -0.25) is 15.2 Å². The first-order valence-corrected chi connectivity index (χ1v) is 9.34. The molecular formula is C18H13F3N6OS. The Bertz CT molecular complexity index is 1120. The maximum absolute atomic E-state index is 12.5. The Morgan fingerprint density at radius 1 is 1.07 bits per heavy atom. The summed E-state index contributed by atoms with van der Waals surface area (Å²) in [6.45, 7) is 0. The molecule has 0 aliphatic carbocycles. The third kappa shape index (κ3) is 4.40. The van der Waals surface area contributed by atoms with E-state index in [0.717, 1.165) is 21.8 Å². The van der Waals surface area contributed by atoms with Crippen LogP contribution in [0.15, 0.2) is 53.7 Å². The molecule has 0 saturated carbocycles. The number of hydrogen-bond acceptors (Lipinski definition) is 5. The fraction of sp³-hybridized carbons (Fsp3) is 0.111. The van der Waals surface area contributed by atoms with Crippen LogP contribution in [-0.2, 0) is 11.9 Å². The van der Waals surface area contributed by atoms with E-state index in [0.29, 0.717) is 5.75 Å². The van der Waals surface area contributed by atoms with Gasteiger partial charge in [0.05, 0.1) is 11.0 Å². The highest BCUT2D eigenvalue weighted by molar-refractivity contribution is 7.98.